The number of nitrogens with one attached hydrogen (secondary N) is 1. The maximum atomic E-state index is 12.1. The minimum absolute atomic E-state index is 0.245. The lowest BCUT2D eigenvalue weighted by Gasteiger charge is -2.06. The molecule has 1 N–H and O–H groups in total. The molecule has 104 valence electrons. The molecule has 5 heteroatoms. The number of ether oxygens (including phenoxy) is 1. The van der Waals surface area contributed by atoms with Crippen LogP contribution in [-0.4, -0.2) is 19.6 Å². The molecule has 0 fully saturated rings. The Morgan fingerprint density at radius 3 is 2.84 bits per heavy atom. The molecule has 1 aromatic carbocycles. The molecule has 0 aliphatic carbocycles. The number of hydrogen-bond donors (Lipinski definition) is 1. The fraction of sp³-hybridized carbons (Fsp3) is 0.429. The maximum absolute atomic E-state index is 12.1. The van der Waals surface area contributed by atoms with E-state index in [9.17, 15) is 8.78 Å². The second kappa shape index (κ2) is 6.93. The standard InChI is InChI=1S/C14H17F2NOS/c1-2-17-7-13-11(8-18-9-14(15)16)10-5-3-4-6-12(10)19-13/h3-6,14,17H,2,7-9H2,1H3. The van der Waals surface area contributed by atoms with Gasteiger partial charge in [-0.05, 0) is 18.0 Å². The SMILES string of the molecule is CCNCc1sc2ccccc2c1COCC(F)F. The Bertz CT molecular complexity index is 527. The Balaban J connectivity index is 2.21. The Labute approximate surface area is 115 Å². The first kappa shape index (κ1) is 14.4. The highest BCUT2D eigenvalue weighted by Crippen LogP contribution is 2.31. The van der Waals surface area contributed by atoms with E-state index >= 15 is 0 Å². The van der Waals surface area contributed by atoms with Crippen LogP contribution >= 0.6 is 11.3 Å². The van der Waals surface area contributed by atoms with Gasteiger partial charge >= 0.3 is 0 Å². The summed E-state index contributed by atoms with van der Waals surface area (Å²) in [7, 11) is 0. The molecule has 1 heterocycles. The normalized spacial score (nSPS) is 11.6. The van der Waals surface area contributed by atoms with Gasteiger partial charge in [-0.25, -0.2) is 8.78 Å². The molecule has 19 heavy (non-hydrogen) atoms. The van der Waals surface area contributed by atoms with Crippen LogP contribution in [0.1, 0.15) is 17.4 Å². The van der Waals surface area contributed by atoms with E-state index in [-0.39, 0.29) is 6.61 Å². The predicted octanol–water partition coefficient (Wildman–Crippen LogP) is 3.79. The molecular weight excluding hydrogens is 268 g/mol. The molecule has 1 aromatic heterocycles. The van der Waals surface area contributed by atoms with Gasteiger partial charge in [-0.1, -0.05) is 25.1 Å². The van der Waals surface area contributed by atoms with E-state index in [0.29, 0.717) is 0 Å². The second-order valence-corrected chi connectivity index (χ2v) is 5.32. The van der Waals surface area contributed by atoms with Crippen molar-refractivity contribution in [2.75, 3.05) is 13.2 Å². The van der Waals surface area contributed by atoms with E-state index < -0.39 is 13.0 Å². The van der Waals surface area contributed by atoms with Crippen molar-refractivity contribution in [1.29, 1.82) is 0 Å². The predicted molar refractivity (Wildman–Crippen MR) is 74.9 cm³/mol. The van der Waals surface area contributed by atoms with Gasteiger partial charge in [-0.2, -0.15) is 0 Å². The summed E-state index contributed by atoms with van der Waals surface area (Å²) in [6, 6.07) is 8.01. The number of halogens is 2. The van der Waals surface area contributed by atoms with E-state index in [0.717, 1.165) is 28.9 Å². The van der Waals surface area contributed by atoms with E-state index in [1.165, 1.54) is 4.70 Å². The van der Waals surface area contributed by atoms with Crippen LogP contribution in [0, 0.1) is 0 Å². The largest absolute Gasteiger partial charge is 0.371 e. The number of rotatable bonds is 7. The molecule has 2 nitrogen and oxygen atoms in total. The van der Waals surface area contributed by atoms with Crippen LogP contribution < -0.4 is 5.32 Å². The van der Waals surface area contributed by atoms with Gasteiger partial charge < -0.3 is 10.1 Å². The Kier molecular flexibility index (Phi) is 5.24. The van der Waals surface area contributed by atoms with Crippen LogP contribution in [0.3, 0.4) is 0 Å². The third-order valence-electron chi connectivity index (χ3n) is 2.81. The summed E-state index contributed by atoms with van der Waals surface area (Å²) in [5.41, 5.74) is 1.03. The Hall–Kier alpha value is -1.04. The van der Waals surface area contributed by atoms with Gasteiger partial charge in [0.1, 0.15) is 6.61 Å². The van der Waals surface area contributed by atoms with Gasteiger partial charge in [-0.15, -0.1) is 11.3 Å². The topological polar surface area (TPSA) is 21.3 Å². The molecule has 0 aliphatic rings. The van der Waals surface area contributed by atoms with Crippen LogP contribution in [0.5, 0.6) is 0 Å². The molecular formula is C14H17F2NOS. The van der Waals surface area contributed by atoms with Gasteiger partial charge in [0, 0.05) is 21.7 Å². The van der Waals surface area contributed by atoms with E-state index in [1.807, 2.05) is 31.2 Å². The van der Waals surface area contributed by atoms with Crippen molar-refractivity contribution < 1.29 is 13.5 Å². The third kappa shape index (κ3) is 3.72. The van der Waals surface area contributed by atoms with Gasteiger partial charge in [-0.3, -0.25) is 0 Å². The van der Waals surface area contributed by atoms with E-state index in [2.05, 4.69) is 5.32 Å². The first-order chi connectivity index (χ1) is 9.22. The molecule has 0 radical (unpaired) electrons. The summed E-state index contributed by atoms with van der Waals surface area (Å²) in [6.07, 6.45) is -2.41. The van der Waals surface area contributed by atoms with Gasteiger partial charge in [0.15, 0.2) is 0 Å². The molecule has 0 spiro atoms. The average molecular weight is 285 g/mol. The quantitative estimate of drug-likeness (QED) is 0.835. The van der Waals surface area contributed by atoms with Crippen LogP contribution in [0.4, 0.5) is 8.78 Å². The lowest BCUT2D eigenvalue weighted by molar-refractivity contribution is 0.0101. The monoisotopic (exact) mass is 285 g/mol. The first-order valence-corrected chi connectivity index (χ1v) is 7.10. The fourth-order valence-electron chi connectivity index (χ4n) is 1.94. The van der Waals surface area contributed by atoms with Gasteiger partial charge in [0.25, 0.3) is 6.43 Å². The molecule has 2 rings (SSSR count). The molecule has 0 amide bonds. The van der Waals surface area contributed by atoms with Crippen molar-refractivity contribution >= 4 is 21.4 Å². The summed E-state index contributed by atoms with van der Waals surface area (Å²) >= 11 is 1.69. The molecule has 0 saturated carbocycles. The molecule has 0 atom stereocenters. The lowest BCUT2D eigenvalue weighted by Crippen LogP contribution is -2.12. The van der Waals surface area contributed by atoms with Crippen molar-refractivity contribution in [2.45, 2.75) is 26.5 Å². The Morgan fingerprint density at radius 1 is 1.32 bits per heavy atom. The highest BCUT2D eigenvalue weighted by molar-refractivity contribution is 7.19. The van der Waals surface area contributed by atoms with Crippen molar-refractivity contribution in [3.8, 4) is 0 Å². The summed E-state index contributed by atoms with van der Waals surface area (Å²) in [6.45, 7) is 3.41. The van der Waals surface area contributed by atoms with Crippen molar-refractivity contribution in [3.05, 3.63) is 34.7 Å². The fourth-order valence-corrected chi connectivity index (χ4v) is 3.12. The minimum Gasteiger partial charge on any atom is -0.371 e. The zero-order valence-electron chi connectivity index (χ0n) is 10.8. The summed E-state index contributed by atoms with van der Waals surface area (Å²) in [4.78, 5) is 1.16. The highest BCUT2D eigenvalue weighted by atomic mass is 32.1. The number of hydrogen-bond acceptors (Lipinski definition) is 3. The third-order valence-corrected chi connectivity index (χ3v) is 4.02. The average Bonchev–Trinajstić information content (AvgIpc) is 2.74. The number of benzene rings is 1. The molecule has 0 bridgehead atoms. The van der Waals surface area contributed by atoms with Crippen LogP contribution in [0.15, 0.2) is 24.3 Å². The smallest absolute Gasteiger partial charge is 0.261 e. The molecule has 2 aromatic rings. The van der Waals surface area contributed by atoms with Crippen LogP contribution in [0.2, 0.25) is 0 Å². The van der Waals surface area contributed by atoms with E-state index in [1.54, 1.807) is 11.3 Å². The van der Waals surface area contributed by atoms with Gasteiger partial charge in [0.05, 0.1) is 6.61 Å². The summed E-state index contributed by atoms with van der Waals surface area (Å²) in [5, 5.41) is 4.38. The van der Waals surface area contributed by atoms with Crippen molar-refractivity contribution in [3.63, 3.8) is 0 Å². The van der Waals surface area contributed by atoms with Crippen LogP contribution in [-0.2, 0) is 17.9 Å². The summed E-state index contributed by atoms with van der Waals surface area (Å²) < 4.78 is 30.6. The van der Waals surface area contributed by atoms with Crippen molar-refractivity contribution in [1.82, 2.24) is 5.32 Å². The molecule has 0 saturated heterocycles. The zero-order valence-corrected chi connectivity index (χ0v) is 11.6. The number of thiophene rings is 1. The second-order valence-electron chi connectivity index (χ2n) is 4.19. The highest BCUT2D eigenvalue weighted by Gasteiger charge is 2.12. The van der Waals surface area contributed by atoms with Gasteiger partial charge in [0.2, 0.25) is 0 Å². The lowest BCUT2D eigenvalue weighted by atomic mass is 10.1. The van der Waals surface area contributed by atoms with Crippen LogP contribution in [0.25, 0.3) is 10.1 Å². The summed E-state index contributed by atoms with van der Waals surface area (Å²) in [5.74, 6) is 0. The zero-order chi connectivity index (χ0) is 13.7. The minimum atomic E-state index is -2.41. The van der Waals surface area contributed by atoms with Crippen molar-refractivity contribution in [2.24, 2.45) is 0 Å². The number of alkyl halides is 2. The Morgan fingerprint density at radius 2 is 2.11 bits per heavy atom. The molecule has 0 aliphatic heterocycles. The first-order valence-electron chi connectivity index (χ1n) is 6.28. The maximum Gasteiger partial charge on any atom is 0.261 e. The number of fused-ring (bicyclic) bond motifs is 1. The molecule has 0 unspecified atom stereocenters. The van der Waals surface area contributed by atoms with E-state index in [4.69, 9.17) is 4.74 Å².